The highest BCUT2D eigenvalue weighted by Crippen LogP contribution is 2.42. The van der Waals surface area contributed by atoms with E-state index in [1.165, 1.54) is 46.7 Å². The topological polar surface area (TPSA) is 70.5 Å². The average molecular weight is 459 g/mol. The highest BCUT2D eigenvalue weighted by Gasteiger charge is 2.47. The number of carbonyl (C=O) groups is 2. The van der Waals surface area contributed by atoms with Crippen molar-refractivity contribution in [2.45, 2.75) is 6.04 Å². The molecule has 28 heavy (non-hydrogen) atoms. The van der Waals surface area contributed by atoms with Crippen LogP contribution in [0.4, 0.5) is 9.52 Å². The first-order chi connectivity index (χ1) is 13.5. The Morgan fingerprint density at radius 1 is 1.11 bits per heavy atom. The molecule has 1 unspecified atom stereocenters. The van der Waals surface area contributed by atoms with Crippen LogP contribution in [0.5, 0.6) is 0 Å². The Kier molecular flexibility index (Phi) is 4.82. The molecule has 2 heterocycles. The van der Waals surface area contributed by atoms with Crippen LogP contribution in [0.2, 0.25) is 0 Å². The van der Waals surface area contributed by atoms with Crippen LogP contribution in [0.25, 0.3) is 5.76 Å². The quantitative estimate of drug-likeness (QED) is 0.351. The molecule has 1 aliphatic heterocycles. The minimum atomic E-state index is -0.907. The molecular formula is C20H12BrFN2O3S. The van der Waals surface area contributed by atoms with Gasteiger partial charge in [-0.3, -0.25) is 14.5 Å². The Morgan fingerprint density at radius 2 is 1.79 bits per heavy atom. The second kappa shape index (κ2) is 7.29. The van der Waals surface area contributed by atoms with Crippen LogP contribution in [0, 0.1) is 5.82 Å². The molecule has 2 aromatic carbocycles. The van der Waals surface area contributed by atoms with E-state index in [2.05, 4.69) is 20.9 Å². The highest BCUT2D eigenvalue weighted by atomic mass is 79.9. The number of amides is 1. The van der Waals surface area contributed by atoms with E-state index in [4.69, 9.17) is 0 Å². The van der Waals surface area contributed by atoms with Crippen molar-refractivity contribution in [3.05, 3.63) is 87.1 Å². The maximum atomic E-state index is 13.4. The van der Waals surface area contributed by atoms with Gasteiger partial charge in [-0.05, 0) is 29.8 Å². The molecule has 0 aliphatic carbocycles. The summed E-state index contributed by atoms with van der Waals surface area (Å²) in [6.07, 6.45) is 1.52. The van der Waals surface area contributed by atoms with Crippen molar-refractivity contribution in [2.24, 2.45) is 0 Å². The van der Waals surface area contributed by atoms with Crippen LogP contribution >= 0.6 is 27.3 Å². The predicted octanol–water partition coefficient (Wildman–Crippen LogP) is 4.67. The lowest BCUT2D eigenvalue weighted by Gasteiger charge is -2.22. The summed E-state index contributed by atoms with van der Waals surface area (Å²) in [7, 11) is 0. The van der Waals surface area contributed by atoms with Gasteiger partial charge in [0.15, 0.2) is 5.13 Å². The summed E-state index contributed by atoms with van der Waals surface area (Å²) in [4.78, 5) is 31.0. The van der Waals surface area contributed by atoms with Crippen LogP contribution < -0.4 is 4.90 Å². The molecule has 3 aromatic rings. The zero-order valence-electron chi connectivity index (χ0n) is 14.2. The molecule has 0 spiro atoms. The molecule has 140 valence electrons. The number of nitrogens with zero attached hydrogens (tertiary/aromatic N) is 2. The van der Waals surface area contributed by atoms with Crippen molar-refractivity contribution in [1.29, 1.82) is 0 Å². The van der Waals surface area contributed by atoms with E-state index in [0.717, 1.165) is 4.47 Å². The van der Waals surface area contributed by atoms with Gasteiger partial charge in [0.05, 0.1) is 11.6 Å². The van der Waals surface area contributed by atoms with Crippen LogP contribution in [0.15, 0.2) is 70.2 Å². The molecule has 0 saturated carbocycles. The van der Waals surface area contributed by atoms with Gasteiger partial charge in [-0.1, -0.05) is 40.2 Å². The van der Waals surface area contributed by atoms with Crippen LogP contribution in [-0.4, -0.2) is 21.8 Å². The number of anilines is 1. The summed E-state index contributed by atoms with van der Waals surface area (Å²) in [6, 6.07) is 11.3. The van der Waals surface area contributed by atoms with E-state index in [1.807, 2.05) is 0 Å². The second-order valence-corrected chi connectivity index (χ2v) is 7.83. The molecule has 0 bridgehead atoms. The van der Waals surface area contributed by atoms with Gasteiger partial charge in [0.25, 0.3) is 5.78 Å². The fourth-order valence-corrected chi connectivity index (χ4v) is 4.02. The number of halogens is 2. The number of thiazole rings is 1. The largest absolute Gasteiger partial charge is 0.507 e. The van der Waals surface area contributed by atoms with Crippen molar-refractivity contribution in [2.75, 3.05) is 4.90 Å². The summed E-state index contributed by atoms with van der Waals surface area (Å²) >= 11 is 4.52. The number of Topliss-reactive ketones (excluding diaryl/α,β-unsaturated/α-hetero) is 1. The van der Waals surface area contributed by atoms with Gasteiger partial charge in [-0.15, -0.1) is 11.3 Å². The molecule has 1 fully saturated rings. The molecule has 1 N–H and O–H groups in total. The molecule has 1 saturated heterocycles. The molecule has 8 heteroatoms. The van der Waals surface area contributed by atoms with Crippen molar-refractivity contribution < 1.29 is 19.1 Å². The lowest BCUT2D eigenvalue weighted by Crippen LogP contribution is -2.29. The Bertz CT molecular complexity index is 1080. The van der Waals surface area contributed by atoms with Crippen LogP contribution in [0.1, 0.15) is 17.2 Å². The summed E-state index contributed by atoms with van der Waals surface area (Å²) in [5.74, 6) is -2.34. The molecular weight excluding hydrogens is 447 g/mol. The average Bonchev–Trinajstić information content (AvgIpc) is 3.30. The standard InChI is InChI=1S/C20H12BrFN2O3S/c21-13-5-1-12(2-6-13)17(25)15-16(11-3-7-14(22)8-4-11)24(19(27)18(15)26)20-23-9-10-28-20/h1-10,16,25H/b17-15-. The lowest BCUT2D eigenvalue weighted by atomic mass is 9.95. The van der Waals surface area contributed by atoms with Gasteiger partial charge < -0.3 is 5.11 Å². The van der Waals surface area contributed by atoms with E-state index in [1.54, 1.807) is 29.6 Å². The van der Waals surface area contributed by atoms with E-state index in [-0.39, 0.29) is 11.3 Å². The Labute approximate surface area is 171 Å². The van der Waals surface area contributed by atoms with Crippen molar-refractivity contribution in [1.82, 2.24) is 4.98 Å². The molecule has 4 rings (SSSR count). The first kappa shape index (κ1) is 18.5. The van der Waals surface area contributed by atoms with E-state index < -0.39 is 23.5 Å². The van der Waals surface area contributed by atoms with Crippen LogP contribution in [0.3, 0.4) is 0 Å². The normalized spacial score (nSPS) is 18.6. The lowest BCUT2D eigenvalue weighted by molar-refractivity contribution is -0.132. The second-order valence-electron chi connectivity index (χ2n) is 6.04. The summed E-state index contributed by atoms with van der Waals surface area (Å²) in [6.45, 7) is 0. The van der Waals surface area contributed by atoms with Crippen molar-refractivity contribution in [3.8, 4) is 0 Å². The van der Waals surface area contributed by atoms with Gasteiger partial charge >= 0.3 is 5.91 Å². The predicted molar refractivity (Wildman–Crippen MR) is 107 cm³/mol. The van der Waals surface area contributed by atoms with Gasteiger partial charge in [-0.2, -0.15) is 0 Å². The number of aliphatic hydroxyl groups excluding tert-OH is 1. The van der Waals surface area contributed by atoms with Gasteiger partial charge in [0.2, 0.25) is 0 Å². The fraction of sp³-hybridized carbons (Fsp3) is 0.0500. The first-order valence-corrected chi connectivity index (χ1v) is 9.86. The van der Waals surface area contributed by atoms with E-state index >= 15 is 0 Å². The number of hydrogen-bond acceptors (Lipinski definition) is 5. The first-order valence-electron chi connectivity index (χ1n) is 8.19. The van der Waals surface area contributed by atoms with Gasteiger partial charge in [-0.25, -0.2) is 9.37 Å². The molecule has 1 aliphatic rings. The molecule has 0 radical (unpaired) electrons. The number of carbonyl (C=O) groups excluding carboxylic acids is 2. The van der Waals surface area contributed by atoms with Gasteiger partial charge in [0, 0.05) is 21.6 Å². The third-order valence-electron chi connectivity index (χ3n) is 4.37. The minimum Gasteiger partial charge on any atom is -0.507 e. The molecule has 5 nitrogen and oxygen atoms in total. The number of rotatable bonds is 3. The maximum Gasteiger partial charge on any atom is 0.301 e. The highest BCUT2D eigenvalue weighted by molar-refractivity contribution is 9.10. The maximum absolute atomic E-state index is 13.4. The van der Waals surface area contributed by atoms with Crippen LogP contribution in [-0.2, 0) is 9.59 Å². The van der Waals surface area contributed by atoms with Gasteiger partial charge in [0.1, 0.15) is 11.6 Å². The molecule has 1 amide bonds. The zero-order valence-corrected chi connectivity index (χ0v) is 16.6. The number of aromatic nitrogens is 1. The van der Waals surface area contributed by atoms with Crippen molar-refractivity contribution in [3.63, 3.8) is 0 Å². The summed E-state index contributed by atoms with van der Waals surface area (Å²) < 4.78 is 14.2. The smallest absolute Gasteiger partial charge is 0.301 e. The third-order valence-corrected chi connectivity index (χ3v) is 5.67. The number of benzene rings is 2. The van der Waals surface area contributed by atoms with E-state index in [0.29, 0.717) is 16.3 Å². The summed E-state index contributed by atoms with van der Waals surface area (Å²) in [5.41, 5.74) is 0.830. The van der Waals surface area contributed by atoms with Crippen molar-refractivity contribution >= 4 is 49.8 Å². The Balaban J connectivity index is 1.93. The van der Waals surface area contributed by atoms with E-state index in [9.17, 15) is 19.1 Å². The fourth-order valence-electron chi connectivity index (χ4n) is 3.09. The number of ketones is 1. The monoisotopic (exact) mass is 458 g/mol. The number of hydrogen-bond donors (Lipinski definition) is 1. The Morgan fingerprint density at radius 3 is 2.39 bits per heavy atom. The minimum absolute atomic E-state index is 0.0610. The molecule has 1 atom stereocenters. The Hall–Kier alpha value is -2.84. The number of aliphatic hydroxyl groups is 1. The summed E-state index contributed by atoms with van der Waals surface area (Å²) in [5, 5.41) is 12.9. The zero-order chi connectivity index (χ0) is 19.8. The molecule has 1 aromatic heterocycles. The third kappa shape index (κ3) is 3.14. The SMILES string of the molecule is O=C1C(=O)N(c2nccs2)C(c2ccc(F)cc2)/C1=C(/O)c1ccc(Br)cc1.